The Bertz CT molecular complexity index is 458. The van der Waals surface area contributed by atoms with Crippen LogP contribution in [0, 0.1) is 0 Å². The van der Waals surface area contributed by atoms with Gasteiger partial charge in [0.1, 0.15) is 0 Å². The van der Waals surface area contributed by atoms with E-state index in [1.54, 1.807) is 50.3 Å². The van der Waals surface area contributed by atoms with Crippen molar-refractivity contribution in [2.75, 3.05) is 41.3 Å². The van der Waals surface area contributed by atoms with Gasteiger partial charge in [-0.2, -0.15) is 0 Å². The predicted molar refractivity (Wildman–Crippen MR) is 75.3 cm³/mol. The lowest BCUT2D eigenvalue weighted by atomic mass is 10.1. The molecule has 0 aromatic heterocycles. The smallest absolute Gasteiger partial charge is 0.253 e. The SMILES string of the molecule is CNCCN(C)C(=O)c1cccc(C(=O)N(C)C)c1. The van der Waals surface area contributed by atoms with E-state index in [2.05, 4.69) is 5.32 Å². The van der Waals surface area contributed by atoms with Gasteiger partial charge in [0.15, 0.2) is 0 Å². The molecule has 0 heterocycles. The van der Waals surface area contributed by atoms with Crippen molar-refractivity contribution in [3.63, 3.8) is 0 Å². The van der Waals surface area contributed by atoms with Crippen molar-refractivity contribution in [1.29, 1.82) is 0 Å². The van der Waals surface area contributed by atoms with Gasteiger partial charge in [-0.1, -0.05) is 6.07 Å². The van der Waals surface area contributed by atoms with Crippen LogP contribution in [0.5, 0.6) is 0 Å². The molecule has 0 aliphatic carbocycles. The van der Waals surface area contributed by atoms with Crippen molar-refractivity contribution >= 4 is 11.8 Å². The average molecular weight is 263 g/mol. The highest BCUT2D eigenvalue weighted by molar-refractivity contribution is 5.99. The van der Waals surface area contributed by atoms with E-state index in [1.807, 2.05) is 7.05 Å². The molecule has 1 aromatic rings. The van der Waals surface area contributed by atoms with Crippen LogP contribution in [0.4, 0.5) is 0 Å². The molecule has 1 N–H and O–H groups in total. The van der Waals surface area contributed by atoms with Gasteiger partial charge in [0, 0.05) is 45.4 Å². The number of carbonyl (C=O) groups excluding carboxylic acids is 2. The van der Waals surface area contributed by atoms with Gasteiger partial charge < -0.3 is 15.1 Å². The van der Waals surface area contributed by atoms with Gasteiger partial charge in [0.2, 0.25) is 0 Å². The highest BCUT2D eigenvalue weighted by Crippen LogP contribution is 2.09. The summed E-state index contributed by atoms with van der Waals surface area (Å²) >= 11 is 0. The second kappa shape index (κ2) is 6.89. The molecule has 1 rings (SSSR count). The molecular weight excluding hydrogens is 242 g/mol. The zero-order valence-electron chi connectivity index (χ0n) is 11.9. The summed E-state index contributed by atoms with van der Waals surface area (Å²) in [6.07, 6.45) is 0. The Morgan fingerprint density at radius 2 is 1.68 bits per heavy atom. The average Bonchev–Trinajstić information content (AvgIpc) is 2.43. The predicted octanol–water partition coefficient (Wildman–Crippen LogP) is 0.680. The zero-order valence-corrected chi connectivity index (χ0v) is 11.9. The van der Waals surface area contributed by atoms with Crippen molar-refractivity contribution in [3.8, 4) is 0 Å². The Morgan fingerprint density at radius 3 is 2.21 bits per heavy atom. The Labute approximate surface area is 114 Å². The van der Waals surface area contributed by atoms with Crippen LogP contribution in [0.1, 0.15) is 20.7 Å². The Kier molecular flexibility index (Phi) is 5.51. The minimum atomic E-state index is -0.104. The maximum Gasteiger partial charge on any atom is 0.253 e. The first-order valence-electron chi connectivity index (χ1n) is 6.19. The first-order valence-corrected chi connectivity index (χ1v) is 6.19. The number of hydrogen-bond acceptors (Lipinski definition) is 3. The summed E-state index contributed by atoms with van der Waals surface area (Å²) in [4.78, 5) is 27.1. The summed E-state index contributed by atoms with van der Waals surface area (Å²) in [5, 5.41) is 2.99. The standard InChI is InChI=1S/C14H21N3O2/c1-15-8-9-17(4)14(19)12-7-5-6-11(10-12)13(18)16(2)3/h5-7,10,15H,8-9H2,1-4H3. The van der Waals surface area contributed by atoms with Gasteiger partial charge in [0.05, 0.1) is 0 Å². The molecule has 104 valence electrons. The monoisotopic (exact) mass is 263 g/mol. The minimum Gasteiger partial charge on any atom is -0.345 e. The highest BCUT2D eigenvalue weighted by Gasteiger charge is 2.14. The van der Waals surface area contributed by atoms with Crippen LogP contribution in [-0.2, 0) is 0 Å². The molecule has 0 saturated carbocycles. The molecule has 0 radical (unpaired) electrons. The number of likely N-dealkylation sites (N-methyl/N-ethyl adjacent to an activating group) is 2. The summed E-state index contributed by atoms with van der Waals surface area (Å²) in [7, 11) is 6.97. The Hall–Kier alpha value is -1.88. The maximum atomic E-state index is 12.2. The van der Waals surface area contributed by atoms with E-state index in [-0.39, 0.29) is 11.8 Å². The number of amides is 2. The fraction of sp³-hybridized carbons (Fsp3) is 0.429. The van der Waals surface area contributed by atoms with Crippen LogP contribution >= 0.6 is 0 Å². The van der Waals surface area contributed by atoms with E-state index >= 15 is 0 Å². The molecule has 0 bridgehead atoms. The summed E-state index contributed by atoms with van der Waals surface area (Å²) in [5.41, 5.74) is 1.06. The molecular formula is C14H21N3O2. The summed E-state index contributed by atoms with van der Waals surface area (Å²) in [6, 6.07) is 6.81. The zero-order chi connectivity index (χ0) is 14.4. The number of hydrogen-bond donors (Lipinski definition) is 1. The van der Waals surface area contributed by atoms with E-state index in [0.717, 1.165) is 6.54 Å². The van der Waals surface area contributed by atoms with Gasteiger partial charge >= 0.3 is 0 Å². The summed E-state index contributed by atoms with van der Waals surface area (Å²) in [6.45, 7) is 1.36. The summed E-state index contributed by atoms with van der Waals surface area (Å²) in [5.74, 6) is -0.184. The second-order valence-electron chi connectivity index (χ2n) is 4.61. The molecule has 2 amide bonds. The molecule has 1 aromatic carbocycles. The number of rotatable bonds is 5. The van der Waals surface area contributed by atoms with Crippen molar-refractivity contribution in [3.05, 3.63) is 35.4 Å². The summed E-state index contributed by atoms with van der Waals surface area (Å²) < 4.78 is 0. The molecule has 0 unspecified atom stereocenters. The Morgan fingerprint density at radius 1 is 1.11 bits per heavy atom. The van der Waals surface area contributed by atoms with Crippen LogP contribution in [-0.4, -0.2) is 62.9 Å². The fourth-order valence-electron chi connectivity index (χ4n) is 1.64. The normalized spacial score (nSPS) is 10.1. The second-order valence-corrected chi connectivity index (χ2v) is 4.61. The van der Waals surface area contributed by atoms with Crippen LogP contribution in [0.2, 0.25) is 0 Å². The van der Waals surface area contributed by atoms with E-state index in [4.69, 9.17) is 0 Å². The first kappa shape index (κ1) is 15.2. The molecule has 0 spiro atoms. The number of nitrogens with zero attached hydrogens (tertiary/aromatic N) is 2. The third kappa shape index (κ3) is 4.06. The van der Waals surface area contributed by atoms with Crippen molar-refractivity contribution in [1.82, 2.24) is 15.1 Å². The van der Waals surface area contributed by atoms with Gasteiger partial charge in [-0.05, 0) is 25.2 Å². The van der Waals surface area contributed by atoms with Crippen LogP contribution in [0.25, 0.3) is 0 Å². The minimum absolute atomic E-state index is 0.0799. The van der Waals surface area contributed by atoms with E-state index in [0.29, 0.717) is 17.7 Å². The molecule has 0 saturated heterocycles. The number of benzene rings is 1. The van der Waals surface area contributed by atoms with Gasteiger partial charge in [-0.3, -0.25) is 9.59 Å². The van der Waals surface area contributed by atoms with E-state index in [1.165, 1.54) is 4.90 Å². The molecule has 19 heavy (non-hydrogen) atoms. The first-order chi connectivity index (χ1) is 8.97. The molecule has 5 heteroatoms. The van der Waals surface area contributed by atoms with Gasteiger partial charge in [-0.25, -0.2) is 0 Å². The van der Waals surface area contributed by atoms with Crippen molar-refractivity contribution in [2.45, 2.75) is 0 Å². The van der Waals surface area contributed by atoms with Crippen LogP contribution < -0.4 is 5.32 Å². The van der Waals surface area contributed by atoms with E-state index in [9.17, 15) is 9.59 Å². The Balaban J connectivity index is 2.87. The lowest BCUT2D eigenvalue weighted by Crippen LogP contribution is -2.33. The third-order valence-corrected chi connectivity index (χ3v) is 2.81. The quantitative estimate of drug-likeness (QED) is 0.850. The third-order valence-electron chi connectivity index (χ3n) is 2.81. The van der Waals surface area contributed by atoms with Crippen LogP contribution in [0.15, 0.2) is 24.3 Å². The number of carbonyl (C=O) groups is 2. The van der Waals surface area contributed by atoms with Gasteiger partial charge in [0.25, 0.3) is 11.8 Å². The molecule has 0 aliphatic rings. The molecule has 0 atom stereocenters. The lowest BCUT2D eigenvalue weighted by Gasteiger charge is -2.17. The highest BCUT2D eigenvalue weighted by atomic mass is 16.2. The fourth-order valence-corrected chi connectivity index (χ4v) is 1.64. The molecule has 5 nitrogen and oxygen atoms in total. The van der Waals surface area contributed by atoms with Gasteiger partial charge in [-0.15, -0.1) is 0 Å². The largest absolute Gasteiger partial charge is 0.345 e. The lowest BCUT2D eigenvalue weighted by molar-refractivity contribution is 0.0797. The van der Waals surface area contributed by atoms with E-state index < -0.39 is 0 Å². The maximum absolute atomic E-state index is 12.2. The molecule has 0 fully saturated rings. The van der Waals surface area contributed by atoms with Crippen molar-refractivity contribution < 1.29 is 9.59 Å². The van der Waals surface area contributed by atoms with Crippen molar-refractivity contribution in [2.24, 2.45) is 0 Å². The number of nitrogens with one attached hydrogen (secondary N) is 1. The topological polar surface area (TPSA) is 52.7 Å². The van der Waals surface area contributed by atoms with Crippen LogP contribution in [0.3, 0.4) is 0 Å². The molecule has 0 aliphatic heterocycles.